The highest BCUT2D eigenvalue weighted by Crippen LogP contribution is 2.25. The Labute approximate surface area is 160 Å². The Morgan fingerprint density at radius 3 is 2.52 bits per heavy atom. The van der Waals surface area contributed by atoms with Crippen LogP contribution >= 0.6 is 11.8 Å². The van der Waals surface area contributed by atoms with Crippen molar-refractivity contribution in [1.82, 2.24) is 15.2 Å². The predicted octanol–water partition coefficient (Wildman–Crippen LogP) is 4.62. The number of hydrogen-bond acceptors (Lipinski definition) is 7. The summed E-state index contributed by atoms with van der Waals surface area (Å²) in [7, 11) is 1.65. The average molecular weight is 379 g/mol. The summed E-state index contributed by atoms with van der Waals surface area (Å²) in [6.45, 7) is 0. The van der Waals surface area contributed by atoms with Crippen molar-refractivity contribution in [2.24, 2.45) is 0 Å². The maximum absolute atomic E-state index is 5.78. The first-order valence-electron chi connectivity index (χ1n) is 8.38. The Bertz CT molecular complexity index is 997. The van der Waals surface area contributed by atoms with Crippen molar-refractivity contribution in [3.63, 3.8) is 0 Å². The van der Waals surface area contributed by atoms with E-state index in [0.717, 1.165) is 22.6 Å². The summed E-state index contributed by atoms with van der Waals surface area (Å²) in [6.07, 6.45) is 2.31. The quantitative estimate of drug-likeness (QED) is 0.434. The van der Waals surface area contributed by atoms with Crippen LogP contribution in [0.3, 0.4) is 0 Å². The van der Waals surface area contributed by atoms with E-state index >= 15 is 0 Å². The molecule has 0 fully saturated rings. The number of benzene rings is 2. The van der Waals surface area contributed by atoms with Crippen LogP contribution in [0.1, 0.15) is 17.3 Å². The minimum Gasteiger partial charge on any atom is -0.497 e. The molecule has 6 nitrogen and oxygen atoms in total. The second kappa shape index (κ2) is 8.09. The normalized spacial score (nSPS) is 10.9. The summed E-state index contributed by atoms with van der Waals surface area (Å²) in [5, 5.41) is 8.68. The summed E-state index contributed by atoms with van der Waals surface area (Å²) in [4.78, 5) is 4.31. The standard InChI is InChI=1S/C20H17N3O3S/c1-24-16-9-7-14(8-10-16)11-18-22-23-20(26-18)27-13-19-21-12-17(25-19)15-5-3-2-4-6-15/h2-10,12H,11,13H2,1H3. The third kappa shape index (κ3) is 4.38. The van der Waals surface area contributed by atoms with E-state index < -0.39 is 0 Å². The smallest absolute Gasteiger partial charge is 0.277 e. The zero-order chi connectivity index (χ0) is 18.5. The van der Waals surface area contributed by atoms with E-state index in [4.69, 9.17) is 13.6 Å². The van der Waals surface area contributed by atoms with Gasteiger partial charge in [0.2, 0.25) is 11.8 Å². The highest BCUT2D eigenvalue weighted by atomic mass is 32.2. The lowest BCUT2D eigenvalue weighted by atomic mass is 10.1. The van der Waals surface area contributed by atoms with Crippen molar-refractivity contribution in [3.05, 3.63) is 78.1 Å². The van der Waals surface area contributed by atoms with E-state index in [-0.39, 0.29) is 0 Å². The summed E-state index contributed by atoms with van der Waals surface area (Å²) in [6, 6.07) is 17.7. The van der Waals surface area contributed by atoms with Crippen molar-refractivity contribution in [2.45, 2.75) is 17.4 Å². The molecular weight excluding hydrogens is 362 g/mol. The molecule has 0 saturated carbocycles. The number of aromatic nitrogens is 3. The molecule has 4 rings (SSSR count). The SMILES string of the molecule is COc1ccc(Cc2nnc(SCc3ncc(-c4ccccc4)o3)o2)cc1. The summed E-state index contributed by atoms with van der Waals surface area (Å²) < 4.78 is 16.6. The van der Waals surface area contributed by atoms with Gasteiger partial charge < -0.3 is 13.6 Å². The van der Waals surface area contributed by atoms with Gasteiger partial charge in [0.1, 0.15) is 5.75 Å². The molecule has 2 aromatic heterocycles. The van der Waals surface area contributed by atoms with E-state index in [0.29, 0.717) is 29.2 Å². The van der Waals surface area contributed by atoms with Crippen molar-refractivity contribution < 1.29 is 13.6 Å². The van der Waals surface area contributed by atoms with Crippen molar-refractivity contribution in [3.8, 4) is 17.1 Å². The number of methoxy groups -OCH3 is 1. The molecule has 0 aliphatic heterocycles. The number of oxazole rings is 1. The van der Waals surface area contributed by atoms with Crippen LogP contribution in [0.2, 0.25) is 0 Å². The summed E-state index contributed by atoms with van der Waals surface area (Å²) >= 11 is 1.40. The molecule has 0 spiro atoms. The van der Waals surface area contributed by atoms with E-state index in [2.05, 4.69) is 15.2 Å². The Kier molecular flexibility index (Phi) is 5.20. The zero-order valence-electron chi connectivity index (χ0n) is 14.7. The van der Waals surface area contributed by atoms with Crippen molar-refractivity contribution in [1.29, 1.82) is 0 Å². The van der Waals surface area contributed by atoms with Gasteiger partial charge in [-0.25, -0.2) is 4.98 Å². The van der Waals surface area contributed by atoms with Crippen LogP contribution in [0.15, 0.2) is 74.9 Å². The molecular formula is C20H17N3O3S. The van der Waals surface area contributed by atoms with E-state index in [1.54, 1.807) is 13.3 Å². The first-order valence-corrected chi connectivity index (χ1v) is 9.37. The van der Waals surface area contributed by atoms with Crippen molar-refractivity contribution >= 4 is 11.8 Å². The van der Waals surface area contributed by atoms with Crippen LogP contribution in [-0.4, -0.2) is 22.3 Å². The van der Waals surface area contributed by atoms with Crippen molar-refractivity contribution in [2.75, 3.05) is 7.11 Å². The molecule has 0 aliphatic carbocycles. The maximum Gasteiger partial charge on any atom is 0.277 e. The van der Waals surface area contributed by atoms with Crippen LogP contribution in [0.4, 0.5) is 0 Å². The lowest BCUT2D eigenvalue weighted by Crippen LogP contribution is -1.89. The minimum atomic E-state index is 0.498. The second-order valence-electron chi connectivity index (χ2n) is 5.76. The maximum atomic E-state index is 5.78. The number of hydrogen-bond donors (Lipinski definition) is 0. The van der Waals surface area contributed by atoms with Crippen LogP contribution in [0, 0.1) is 0 Å². The van der Waals surface area contributed by atoms with Gasteiger partial charge in [0.05, 0.1) is 25.5 Å². The molecule has 2 aromatic carbocycles. The molecule has 0 aliphatic rings. The van der Waals surface area contributed by atoms with Gasteiger partial charge in [-0.1, -0.05) is 54.2 Å². The number of nitrogens with zero attached hydrogens (tertiary/aromatic N) is 3. The first-order chi connectivity index (χ1) is 13.3. The lowest BCUT2D eigenvalue weighted by Gasteiger charge is -2.00. The number of rotatable bonds is 7. The molecule has 0 radical (unpaired) electrons. The van der Waals surface area contributed by atoms with Crippen LogP contribution < -0.4 is 4.74 Å². The van der Waals surface area contributed by atoms with E-state index in [1.807, 2.05) is 54.6 Å². The minimum absolute atomic E-state index is 0.498. The van der Waals surface area contributed by atoms with Gasteiger partial charge in [-0.3, -0.25) is 0 Å². The Morgan fingerprint density at radius 1 is 0.926 bits per heavy atom. The summed E-state index contributed by atoms with van der Waals surface area (Å²) in [5.41, 5.74) is 2.08. The molecule has 0 bridgehead atoms. The third-order valence-electron chi connectivity index (χ3n) is 3.89. The highest BCUT2D eigenvalue weighted by molar-refractivity contribution is 7.98. The third-order valence-corrected chi connectivity index (χ3v) is 4.70. The molecule has 4 aromatic rings. The van der Waals surface area contributed by atoms with Gasteiger partial charge in [0.25, 0.3) is 5.22 Å². The molecule has 0 unspecified atom stereocenters. The fourth-order valence-electron chi connectivity index (χ4n) is 2.52. The van der Waals surface area contributed by atoms with Gasteiger partial charge in [-0.2, -0.15) is 0 Å². The second-order valence-corrected chi connectivity index (χ2v) is 6.69. The van der Waals surface area contributed by atoms with Crippen LogP contribution in [-0.2, 0) is 12.2 Å². The van der Waals surface area contributed by atoms with E-state index in [1.165, 1.54) is 11.8 Å². The van der Waals surface area contributed by atoms with Gasteiger partial charge >= 0.3 is 0 Å². The molecule has 2 heterocycles. The van der Waals surface area contributed by atoms with Gasteiger partial charge in [0.15, 0.2) is 5.76 Å². The Hall–Kier alpha value is -3.06. The lowest BCUT2D eigenvalue weighted by molar-refractivity contribution is 0.413. The number of thioether (sulfide) groups is 1. The molecule has 0 atom stereocenters. The Morgan fingerprint density at radius 2 is 1.74 bits per heavy atom. The van der Waals surface area contributed by atoms with Gasteiger partial charge in [0, 0.05) is 5.56 Å². The average Bonchev–Trinajstić information content (AvgIpc) is 3.37. The fraction of sp³-hybridized carbons (Fsp3) is 0.150. The van der Waals surface area contributed by atoms with E-state index in [9.17, 15) is 0 Å². The molecule has 0 amide bonds. The van der Waals surface area contributed by atoms with Gasteiger partial charge in [-0.15, -0.1) is 10.2 Å². The largest absolute Gasteiger partial charge is 0.497 e. The highest BCUT2D eigenvalue weighted by Gasteiger charge is 2.11. The monoisotopic (exact) mass is 379 g/mol. The molecule has 27 heavy (non-hydrogen) atoms. The number of ether oxygens (including phenoxy) is 1. The molecule has 136 valence electrons. The molecule has 0 N–H and O–H groups in total. The Balaban J connectivity index is 1.35. The molecule has 7 heteroatoms. The van der Waals surface area contributed by atoms with Gasteiger partial charge in [-0.05, 0) is 17.7 Å². The zero-order valence-corrected chi connectivity index (χ0v) is 15.5. The van der Waals surface area contributed by atoms with Crippen LogP contribution in [0.25, 0.3) is 11.3 Å². The molecule has 0 saturated heterocycles. The topological polar surface area (TPSA) is 74.2 Å². The predicted molar refractivity (Wildman–Crippen MR) is 102 cm³/mol. The fourth-order valence-corrected chi connectivity index (χ4v) is 3.16. The summed E-state index contributed by atoms with van der Waals surface area (Å²) in [5.74, 6) is 3.28. The van der Waals surface area contributed by atoms with Crippen LogP contribution in [0.5, 0.6) is 5.75 Å². The first kappa shape index (κ1) is 17.4.